The molecular weight excluding hydrogens is 360 g/mol. The van der Waals surface area contributed by atoms with Gasteiger partial charge in [0.05, 0.1) is 5.54 Å². The predicted molar refractivity (Wildman–Crippen MR) is 112 cm³/mol. The molecule has 0 radical (unpaired) electrons. The third-order valence-corrected chi connectivity index (χ3v) is 4.30. The van der Waals surface area contributed by atoms with Crippen LogP contribution in [-0.4, -0.2) is 91.8 Å². The van der Waals surface area contributed by atoms with Gasteiger partial charge < -0.3 is 25.6 Å². The Hall–Kier alpha value is -2.03. The zero-order valence-electron chi connectivity index (χ0n) is 18.5. The Morgan fingerprint density at radius 2 is 1.64 bits per heavy atom. The average molecular weight is 399 g/mol. The Morgan fingerprint density at radius 3 is 2.14 bits per heavy atom. The molecule has 0 bridgehead atoms. The summed E-state index contributed by atoms with van der Waals surface area (Å²) in [4.78, 5) is 31.8. The highest BCUT2D eigenvalue weighted by molar-refractivity contribution is 5.79. The molecule has 9 nitrogen and oxygen atoms in total. The van der Waals surface area contributed by atoms with Crippen molar-refractivity contribution >= 4 is 18.0 Å². The third kappa shape index (κ3) is 9.77. The second kappa shape index (κ2) is 10.5. The van der Waals surface area contributed by atoms with Crippen molar-refractivity contribution in [1.29, 1.82) is 0 Å². The average Bonchev–Trinajstić information content (AvgIpc) is 2.56. The first-order valence-corrected chi connectivity index (χ1v) is 9.85. The van der Waals surface area contributed by atoms with Crippen molar-refractivity contribution in [3.8, 4) is 0 Å². The van der Waals surface area contributed by atoms with Crippen LogP contribution in [-0.2, 0) is 9.53 Å². The largest absolute Gasteiger partial charge is 0.444 e. The van der Waals surface area contributed by atoms with Gasteiger partial charge in [-0.1, -0.05) is 0 Å². The molecule has 0 aromatic carbocycles. The first-order chi connectivity index (χ1) is 12.9. The summed E-state index contributed by atoms with van der Waals surface area (Å²) in [5.41, 5.74) is -1.02. The smallest absolute Gasteiger partial charge is 0.408 e. The zero-order chi connectivity index (χ0) is 21.4. The monoisotopic (exact) mass is 398 g/mol. The highest BCUT2D eigenvalue weighted by Gasteiger charge is 2.25. The molecule has 2 amide bonds. The number of hydrogen-bond donors (Lipinski definition) is 3. The highest BCUT2D eigenvalue weighted by atomic mass is 16.6. The molecule has 9 heteroatoms. The van der Waals surface area contributed by atoms with Crippen LogP contribution in [0.4, 0.5) is 4.79 Å². The standard InChI is InChI=1S/C19H38N6O3/c1-15(26)25-12-10-24(11-13-25)9-8-21-16(20-7)22-14-19(5,6)23-17(27)28-18(2,3)4/h8-14H2,1-7H3,(H,23,27)(H2,20,21,22). The predicted octanol–water partition coefficient (Wildman–Crippen LogP) is 0.619. The van der Waals surface area contributed by atoms with Gasteiger partial charge in [0, 0.05) is 59.8 Å². The second-order valence-corrected chi connectivity index (χ2v) is 8.71. The van der Waals surface area contributed by atoms with E-state index in [1.165, 1.54) is 0 Å². The molecule has 0 saturated carbocycles. The fraction of sp³-hybridized carbons (Fsp3) is 0.842. The molecular formula is C19H38N6O3. The van der Waals surface area contributed by atoms with Crippen LogP contribution in [0.25, 0.3) is 0 Å². The number of ether oxygens (including phenoxy) is 1. The quantitative estimate of drug-likeness (QED) is 0.448. The molecule has 162 valence electrons. The highest BCUT2D eigenvalue weighted by Crippen LogP contribution is 2.09. The van der Waals surface area contributed by atoms with E-state index in [4.69, 9.17) is 4.74 Å². The number of hydrogen-bond acceptors (Lipinski definition) is 5. The van der Waals surface area contributed by atoms with Crippen LogP contribution < -0.4 is 16.0 Å². The van der Waals surface area contributed by atoms with E-state index in [9.17, 15) is 9.59 Å². The molecule has 1 rings (SSSR count). The molecule has 0 spiro atoms. The number of nitrogens with zero attached hydrogens (tertiary/aromatic N) is 3. The van der Waals surface area contributed by atoms with Crippen molar-refractivity contribution in [3.05, 3.63) is 0 Å². The second-order valence-electron chi connectivity index (χ2n) is 8.71. The minimum atomic E-state index is -0.527. The van der Waals surface area contributed by atoms with E-state index in [0.717, 1.165) is 39.3 Å². The van der Waals surface area contributed by atoms with Gasteiger partial charge in [0.15, 0.2) is 5.96 Å². The van der Waals surface area contributed by atoms with Crippen molar-refractivity contribution in [2.24, 2.45) is 4.99 Å². The summed E-state index contributed by atoms with van der Waals surface area (Å²) in [6.07, 6.45) is -0.438. The molecule has 3 N–H and O–H groups in total. The van der Waals surface area contributed by atoms with Gasteiger partial charge in [-0.3, -0.25) is 14.7 Å². The number of guanidine groups is 1. The summed E-state index contributed by atoms with van der Waals surface area (Å²) in [6, 6.07) is 0. The number of amides is 2. The summed E-state index contributed by atoms with van der Waals surface area (Å²) in [5, 5.41) is 9.39. The number of carbonyl (C=O) groups is 2. The maximum Gasteiger partial charge on any atom is 0.408 e. The Balaban J connectivity index is 2.31. The summed E-state index contributed by atoms with van der Waals surface area (Å²) in [7, 11) is 1.72. The van der Waals surface area contributed by atoms with Crippen LogP contribution in [0, 0.1) is 0 Å². The molecule has 1 fully saturated rings. The fourth-order valence-corrected chi connectivity index (χ4v) is 2.77. The summed E-state index contributed by atoms with van der Waals surface area (Å²) in [5.74, 6) is 0.825. The van der Waals surface area contributed by atoms with Gasteiger partial charge in [0.2, 0.25) is 5.91 Å². The molecule has 0 aromatic heterocycles. The number of nitrogens with one attached hydrogen (secondary N) is 3. The molecule has 1 heterocycles. The summed E-state index contributed by atoms with van der Waals surface area (Å²) >= 11 is 0. The van der Waals surface area contributed by atoms with Crippen LogP contribution >= 0.6 is 0 Å². The molecule has 0 aliphatic carbocycles. The lowest BCUT2D eigenvalue weighted by molar-refractivity contribution is -0.130. The van der Waals surface area contributed by atoms with E-state index >= 15 is 0 Å². The lowest BCUT2D eigenvalue weighted by Gasteiger charge is -2.34. The first kappa shape index (κ1) is 24.0. The minimum absolute atomic E-state index is 0.144. The van der Waals surface area contributed by atoms with Crippen LogP contribution in [0.1, 0.15) is 41.5 Å². The SMILES string of the molecule is CN=C(NCCN1CCN(C(C)=O)CC1)NCC(C)(C)NC(=O)OC(C)(C)C. The molecule has 28 heavy (non-hydrogen) atoms. The minimum Gasteiger partial charge on any atom is -0.444 e. The van der Waals surface area contributed by atoms with Crippen molar-refractivity contribution in [2.75, 3.05) is 52.9 Å². The Kier molecular flexibility index (Phi) is 9.00. The number of carbonyl (C=O) groups excluding carboxylic acids is 2. The van der Waals surface area contributed by atoms with Crippen LogP contribution in [0.3, 0.4) is 0 Å². The van der Waals surface area contributed by atoms with Gasteiger partial charge in [-0.2, -0.15) is 0 Å². The van der Waals surface area contributed by atoms with Crippen molar-refractivity contribution in [2.45, 2.75) is 52.7 Å². The summed E-state index contributed by atoms with van der Waals surface area (Å²) < 4.78 is 5.31. The van der Waals surface area contributed by atoms with E-state index in [0.29, 0.717) is 12.5 Å². The molecule has 1 saturated heterocycles. The van der Waals surface area contributed by atoms with E-state index in [1.54, 1.807) is 14.0 Å². The van der Waals surface area contributed by atoms with Gasteiger partial charge >= 0.3 is 6.09 Å². The van der Waals surface area contributed by atoms with Gasteiger partial charge in [0.1, 0.15) is 5.60 Å². The van der Waals surface area contributed by atoms with E-state index in [1.807, 2.05) is 39.5 Å². The molecule has 1 aliphatic heterocycles. The fourth-order valence-electron chi connectivity index (χ4n) is 2.77. The van der Waals surface area contributed by atoms with Gasteiger partial charge in [-0.15, -0.1) is 0 Å². The number of alkyl carbamates (subject to hydrolysis) is 1. The number of rotatable bonds is 6. The maximum atomic E-state index is 12.0. The van der Waals surface area contributed by atoms with E-state index in [2.05, 4.69) is 25.8 Å². The van der Waals surface area contributed by atoms with Crippen LogP contribution in [0.15, 0.2) is 4.99 Å². The van der Waals surface area contributed by atoms with Gasteiger partial charge in [0.25, 0.3) is 0 Å². The van der Waals surface area contributed by atoms with Crippen molar-refractivity contribution in [3.63, 3.8) is 0 Å². The Bertz CT molecular complexity index is 548. The maximum absolute atomic E-state index is 12.0. The lowest BCUT2D eigenvalue weighted by Crippen LogP contribution is -2.55. The third-order valence-electron chi connectivity index (χ3n) is 4.30. The first-order valence-electron chi connectivity index (χ1n) is 9.85. The number of piperazine rings is 1. The zero-order valence-corrected chi connectivity index (χ0v) is 18.5. The van der Waals surface area contributed by atoms with Crippen molar-refractivity contribution in [1.82, 2.24) is 25.8 Å². The Morgan fingerprint density at radius 1 is 1.04 bits per heavy atom. The molecule has 0 aromatic rings. The number of aliphatic imine (C=N–C) groups is 1. The van der Waals surface area contributed by atoms with Gasteiger partial charge in [-0.25, -0.2) is 4.79 Å². The molecule has 0 atom stereocenters. The van der Waals surface area contributed by atoms with Crippen LogP contribution in [0.2, 0.25) is 0 Å². The van der Waals surface area contributed by atoms with E-state index < -0.39 is 17.2 Å². The van der Waals surface area contributed by atoms with Crippen molar-refractivity contribution < 1.29 is 14.3 Å². The van der Waals surface area contributed by atoms with Gasteiger partial charge in [-0.05, 0) is 34.6 Å². The molecule has 1 aliphatic rings. The Labute approximate surface area is 169 Å². The topological polar surface area (TPSA) is 98.3 Å². The normalized spacial score (nSPS) is 16.5. The molecule has 0 unspecified atom stereocenters. The van der Waals surface area contributed by atoms with Crippen LogP contribution in [0.5, 0.6) is 0 Å². The lowest BCUT2D eigenvalue weighted by atomic mass is 10.1. The summed E-state index contributed by atoms with van der Waals surface area (Å²) in [6.45, 7) is 16.5. The van der Waals surface area contributed by atoms with E-state index in [-0.39, 0.29) is 5.91 Å².